The maximum absolute atomic E-state index is 12.5. The summed E-state index contributed by atoms with van der Waals surface area (Å²) in [5, 5.41) is 94.7. The van der Waals surface area contributed by atoms with Crippen molar-refractivity contribution in [1.29, 1.82) is 0 Å². The van der Waals surface area contributed by atoms with Crippen LogP contribution in [0.25, 0.3) is 0 Å². The van der Waals surface area contributed by atoms with Crippen LogP contribution >= 0.6 is 0 Å². The van der Waals surface area contributed by atoms with Gasteiger partial charge in [-0.3, -0.25) is 4.79 Å². The molecule has 0 radical (unpaired) electrons. The van der Waals surface area contributed by atoms with Gasteiger partial charge in [-0.2, -0.15) is 0 Å². The molecule has 5 aliphatic carbocycles. The molecule has 0 spiro atoms. The smallest absolute Gasteiger partial charge is 0.335 e. The van der Waals surface area contributed by atoms with Crippen molar-refractivity contribution in [2.75, 3.05) is 13.2 Å². The van der Waals surface area contributed by atoms with E-state index in [1.165, 1.54) is 5.57 Å². The molecule has 0 unspecified atom stereocenters. The van der Waals surface area contributed by atoms with Crippen LogP contribution in [-0.2, 0) is 28.5 Å². The first-order valence-electron chi connectivity index (χ1n) is 21.0. The molecular formula is C42H66O15. The highest BCUT2D eigenvalue weighted by Crippen LogP contribution is 2.76. The third-order valence-corrected chi connectivity index (χ3v) is 17.7. The number of rotatable bonds is 8. The maximum atomic E-state index is 12.5. The molecule has 9 N–H and O–H groups in total. The Kier molecular flexibility index (Phi) is 11.2. The van der Waals surface area contributed by atoms with Crippen LogP contribution in [0.4, 0.5) is 0 Å². The number of aliphatic carboxylic acids is 2. The summed E-state index contributed by atoms with van der Waals surface area (Å²) in [5.41, 5.74) is -0.640. The summed E-state index contributed by atoms with van der Waals surface area (Å²) >= 11 is 0. The van der Waals surface area contributed by atoms with Crippen molar-refractivity contribution in [3.63, 3.8) is 0 Å². The minimum Gasteiger partial charge on any atom is -0.481 e. The first-order chi connectivity index (χ1) is 26.5. The Bertz CT molecular complexity index is 1590. The summed E-state index contributed by atoms with van der Waals surface area (Å²) < 4.78 is 23.8. The molecule has 324 valence electrons. The Labute approximate surface area is 334 Å². The van der Waals surface area contributed by atoms with Crippen molar-refractivity contribution in [3.05, 3.63) is 11.6 Å². The molecule has 0 bridgehead atoms. The van der Waals surface area contributed by atoms with Gasteiger partial charge in [0, 0.05) is 5.41 Å². The topological polar surface area (TPSA) is 253 Å². The van der Waals surface area contributed by atoms with E-state index in [-0.39, 0.29) is 46.0 Å². The molecule has 15 nitrogen and oxygen atoms in total. The fourth-order valence-corrected chi connectivity index (χ4v) is 13.6. The van der Waals surface area contributed by atoms with Crippen molar-refractivity contribution in [3.8, 4) is 0 Å². The van der Waals surface area contributed by atoms with Crippen LogP contribution in [0.2, 0.25) is 0 Å². The molecule has 7 aliphatic rings. The molecule has 2 heterocycles. The van der Waals surface area contributed by atoms with Crippen LogP contribution in [0.3, 0.4) is 0 Å². The standard InChI is InChI=1S/C42H66O15/c1-37-13-14-38(2,36(52)53)17-21(37)20-7-8-24-39(3)11-10-25(40(4,19-44)23(39)9-12-42(24,6)41(20,5)16-15-37)55-35-32(29(48)28(47)31(56-35)33(50)51)57-34-30(49)27(46)26(45)22(18-43)54-34/h7,21-32,34-35,43-49H,8-19H2,1-6H3,(H,50,51)(H,52,53)/t21-,22+,23+,24+,25-,26+,27-,28-,29-,30+,31-,32+,34-,35-,37+,38+,39-,40+,41+,42+/m0/s1. The Morgan fingerprint density at radius 2 is 1.44 bits per heavy atom. The SMILES string of the molecule is C[C@@]1(C(=O)O)CC[C@]2(C)CC[C@]3(C)C(=CC[C@@H]4[C@@]5(C)CC[C@H](O[C@H]6O[C@H](C(=O)O)[C@@H](O)[C@H](O)[C@H]6O[C@@H]6O[C@H](CO)[C@@H](O)[C@H](O)[C@H]6O)[C@](C)(CO)[C@@H]5CC[C@]43C)[C@@H]2C1. The lowest BCUT2D eigenvalue weighted by atomic mass is 9.33. The Morgan fingerprint density at radius 3 is 2.07 bits per heavy atom. The van der Waals surface area contributed by atoms with Gasteiger partial charge in [0.2, 0.25) is 0 Å². The van der Waals surface area contributed by atoms with Gasteiger partial charge in [0.1, 0.15) is 42.7 Å². The first-order valence-corrected chi connectivity index (χ1v) is 21.0. The van der Waals surface area contributed by atoms with E-state index in [0.29, 0.717) is 25.7 Å². The number of carbonyl (C=O) groups is 2. The maximum Gasteiger partial charge on any atom is 0.335 e. The van der Waals surface area contributed by atoms with Gasteiger partial charge in [0.25, 0.3) is 0 Å². The quantitative estimate of drug-likeness (QED) is 0.126. The van der Waals surface area contributed by atoms with E-state index in [1.807, 2.05) is 13.8 Å². The summed E-state index contributed by atoms with van der Waals surface area (Å²) in [6.07, 6.45) is -7.93. The number of carboxylic acids is 2. The van der Waals surface area contributed by atoms with Crippen molar-refractivity contribution in [1.82, 2.24) is 0 Å². The lowest BCUT2D eigenvalue weighted by Gasteiger charge is -2.71. The first kappa shape index (κ1) is 43.3. The van der Waals surface area contributed by atoms with E-state index in [0.717, 1.165) is 38.5 Å². The fourth-order valence-electron chi connectivity index (χ4n) is 13.6. The molecule has 15 heteroatoms. The monoisotopic (exact) mass is 810 g/mol. The van der Waals surface area contributed by atoms with Crippen LogP contribution in [0.15, 0.2) is 11.6 Å². The summed E-state index contributed by atoms with van der Waals surface area (Å²) in [7, 11) is 0. The summed E-state index contributed by atoms with van der Waals surface area (Å²) in [6, 6.07) is 0. The van der Waals surface area contributed by atoms with Gasteiger partial charge in [0.05, 0.1) is 24.7 Å². The van der Waals surface area contributed by atoms with E-state index in [4.69, 9.17) is 18.9 Å². The van der Waals surface area contributed by atoms with Gasteiger partial charge in [-0.1, -0.05) is 46.3 Å². The van der Waals surface area contributed by atoms with E-state index in [2.05, 4.69) is 33.8 Å². The molecule has 7 rings (SSSR count). The molecule has 6 fully saturated rings. The molecule has 0 amide bonds. The highest BCUT2D eigenvalue weighted by molar-refractivity contribution is 5.74. The second kappa shape index (κ2) is 14.7. The van der Waals surface area contributed by atoms with E-state index >= 15 is 0 Å². The van der Waals surface area contributed by atoms with Gasteiger partial charge >= 0.3 is 11.9 Å². The minimum atomic E-state index is -1.98. The molecule has 20 atom stereocenters. The summed E-state index contributed by atoms with van der Waals surface area (Å²) in [4.78, 5) is 24.7. The lowest BCUT2D eigenvalue weighted by Crippen LogP contribution is -2.67. The zero-order chi connectivity index (χ0) is 41.8. The third kappa shape index (κ3) is 6.39. The van der Waals surface area contributed by atoms with Crippen molar-refractivity contribution < 1.29 is 74.5 Å². The zero-order valence-electron chi connectivity index (χ0n) is 34.1. The summed E-state index contributed by atoms with van der Waals surface area (Å²) in [5.74, 6) is -1.90. The van der Waals surface area contributed by atoms with Gasteiger partial charge in [0.15, 0.2) is 18.7 Å². The number of aliphatic hydroxyl groups is 7. The number of aliphatic hydroxyl groups excluding tert-OH is 7. The second-order valence-corrected chi connectivity index (χ2v) is 20.4. The Balaban J connectivity index is 1.17. The lowest BCUT2D eigenvalue weighted by molar-refractivity contribution is -0.375. The van der Waals surface area contributed by atoms with Crippen LogP contribution in [0.5, 0.6) is 0 Å². The minimum absolute atomic E-state index is 0.0524. The van der Waals surface area contributed by atoms with Crippen LogP contribution in [0, 0.1) is 50.2 Å². The number of fused-ring (bicyclic) bond motifs is 7. The van der Waals surface area contributed by atoms with Gasteiger partial charge in [-0.25, -0.2) is 4.79 Å². The largest absolute Gasteiger partial charge is 0.481 e. The van der Waals surface area contributed by atoms with Gasteiger partial charge in [-0.05, 0) is 111 Å². The molecule has 2 aliphatic heterocycles. The molecule has 0 aromatic heterocycles. The third-order valence-electron chi connectivity index (χ3n) is 17.7. The van der Waals surface area contributed by atoms with E-state index < -0.39 is 96.9 Å². The Hall–Kier alpha value is -1.76. The molecule has 2 saturated heterocycles. The van der Waals surface area contributed by atoms with Crippen LogP contribution in [0.1, 0.15) is 106 Å². The summed E-state index contributed by atoms with van der Waals surface area (Å²) in [6.45, 7) is 12.4. The highest BCUT2D eigenvalue weighted by Gasteiger charge is 2.69. The normalized spacial score (nSPS) is 55.0. The van der Waals surface area contributed by atoms with E-state index in [9.17, 15) is 55.5 Å². The average molecular weight is 811 g/mol. The molecular weight excluding hydrogens is 744 g/mol. The average Bonchev–Trinajstić information content (AvgIpc) is 3.16. The van der Waals surface area contributed by atoms with Crippen LogP contribution < -0.4 is 0 Å². The predicted molar refractivity (Wildman–Crippen MR) is 200 cm³/mol. The predicted octanol–water partition coefficient (Wildman–Crippen LogP) is 1.95. The van der Waals surface area contributed by atoms with E-state index in [1.54, 1.807) is 0 Å². The second-order valence-electron chi connectivity index (χ2n) is 20.4. The van der Waals surface area contributed by atoms with Crippen molar-refractivity contribution in [2.45, 2.75) is 173 Å². The van der Waals surface area contributed by atoms with Crippen molar-refractivity contribution in [2.24, 2.45) is 50.2 Å². The number of allylic oxidation sites excluding steroid dienone is 2. The number of hydrogen-bond donors (Lipinski definition) is 9. The molecule has 0 aromatic carbocycles. The molecule has 57 heavy (non-hydrogen) atoms. The van der Waals surface area contributed by atoms with Crippen LogP contribution in [-0.4, -0.2) is 139 Å². The number of ether oxygens (including phenoxy) is 4. The zero-order valence-corrected chi connectivity index (χ0v) is 34.1. The van der Waals surface area contributed by atoms with Gasteiger partial charge < -0.3 is 64.9 Å². The molecule has 0 aromatic rings. The van der Waals surface area contributed by atoms with Crippen molar-refractivity contribution >= 4 is 11.9 Å². The highest BCUT2D eigenvalue weighted by atomic mass is 16.8. The number of hydrogen-bond acceptors (Lipinski definition) is 13. The fraction of sp³-hybridized carbons (Fsp3) is 0.905. The molecule has 4 saturated carbocycles. The number of carboxylic acid groups (broad SMARTS) is 2. The Morgan fingerprint density at radius 1 is 0.754 bits per heavy atom. The van der Waals surface area contributed by atoms with Gasteiger partial charge in [-0.15, -0.1) is 0 Å².